The minimum atomic E-state index is -0.499. The van der Waals surface area contributed by atoms with Crippen LogP contribution in [0.4, 0.5) is 10.5 Å². The molecule has 0 spiro atoms. The number of carbonyl (C=O) groups excluding carboxylic acids is 1. The summed E-state index contributed by atoms with van der Waals surface area (Å²) in [6, 6.07) is 15.8. The standard InChI is InChI=1S/C19H17N3O3/c1-12-7-3-5-9-16(12)20-19(24)22-21-13(2)15-11-14-8-4-6-10-17(14)25-18(15)23/h3-11H,1-2H3,(H2,20,22,24)/b21-13+. The molecule has 0 aliphatic carbocycles. The fourth-order valence-corrected chi connectivity index (χ4v) is 2.37. The highest BCUT2D eigenvalue weighted by Crippen LogP contribution is 2.14. The van der Waals surface area contributed by atoms with E-state index in [4.69, 9.17) is 4.42 Å². The molecule has 2 amide bonds. The number of hydrogen-bond acceptors (Lipinski definition) is 4. The number of hydrazone groups is 1. The first kappa shape index (κ1) is 16.4. The summed E-state index contributed by atoms with van der Waals surface area (Å²) in [5, 5.41) is 7.47. The number of amides is 2. The Labute approximate surface area is 144 Å². The summed E-state index contributed by atoms with van der Waals surface area (Å²) in [7, 11) is 0. The maximum absolute atomic E-state index is 12.1. The molecule has 0 unspecified atom stereocenters. The van der Waals surface area contributed by atoms with Crippen LogP contribution < -0.4 is 16.4 Å². The molecule has 2 N–H and O–H groups in total. The topological polar surface area (TPSA) is 83.7 Å². The maximum atomic E-state index is 12.1. The second-order valence-corrected chi connectivity index (χ2v) is 5.56. The molecule has 2 aromatic carbocycles. The molecule has 25 heavy (non-hydrogen) atoms. The lowest BCUT2D eigenvalue weighted by atomic mass is 10.1. The number of para-hydroxylation sites is 2. The molecular weight excluding hydrogens is 318 g/mol. The van der Waals surface area contributed by atoms with E-state index >= 15 is 0 Å². The van der Waals surface area contributed by atoms with Crippen LogP contribution in [-0.2, 0) is 0 Å². The van der Waals surface area contributed by atoms with Crippen LogP contribution in [-0.4, -0.2) is 11.7 Å². The lowest BCUT2D eigenvalue weighted by Gasteiger charge is -2.07. The molecule has 6 nitrogen and oxygen atoms in total. The van der Waals surface area contributed by atoms with E-state index in [0.717, 1.165) is 10.9 Å². The number of carbonyl (C=O) groups is 1. The van der Waals surface area contributed by atoms with Crippen molar-refractivity contribution in [1.82, 2.24) is 5.43 Å². The average Bonchev–Trinajstić information content (AvgIpc) is 2.61. The molecular formula is C19H17N3O3. The summed E-state index contributed by atoms with van der Waals surface area (Å²) in [6.07, 6.45) is 0. The average molecular weight is 335 g/mol. The molecule has 1 heterocycles. The van der Waals surface area contributed by atoms with Gasteiger partial charge in [-0.1, -0.05) is 36.4 Å². The lowest BCUT2D eigenvalue weighted by molar-refractivity contribution is 0.252. The highest BCUT2D eigenvalue weighted by molar-refractivity contribution is 6.01. The number of anilines is 1. The second-order valence-electron chi connectivity index (χ2n) is 5.56. The normalized spacial score (nSPS) is 11.4. The van der Waals surface area contributed by atoms with E-state index in [-0.39, 0.29) is 0 Å². The van der Waals surface area contributed by atoms with Crippen LogP contribution in [0.2, 0.25) is 0 Å². The van der Waals surface area contributed by atoms with Gasteiger partial charge in [0, 0.05) is 11.1 Å². The molecule has 0 bridgehead atoms. The van der Waals surface area contributed by atoms with Crippen LogP contribution in [0.5, 0.6) is 0 Å². The van der Waals surface area contributed by atoms with Crippen LogP contribution >= 0.6 is 0 Å². The molecule has 126 valence electrons. The van der Waals surface area contributed by atoms with E-state index in [0.29, 0.717) is 22.5 Å². The van der Waals surface area contributed by atoms with Crippen LogP contribution in [0, 0.1) is 6.92 Å². The van der Waals surface area contributed by atoms with E-state index in [1.165, 1.54) is 0 Å². The fourth-order valence-electron chi connectivity index (χ4n) is 2.37. The van der Waals surface area contributed by atoms with Crippen LogP contribution in [0.15, 0.2) is 68.9 Å². The molecule has 6 heteroatoms. The first-order valence-electron chi connectivity index (χ1n) is 7.75. The third-order valence-electron chi connectivity index (χ3n) is 3.75. The van der Waals surface area contributed by atoms with Gasteiger partial charge in [-0.05, 0) is 37.6 Å². The monoisotopic (exact) mass is 335 g/mol. The highest BCUT2D eigenvalue weighted by Gasteiger charge is 2.09. The fraction of sp³-hybridized carbons (Fsp3) is 0.105. The van der Waals surface area contributed by atoms with Crippen LogP contribution in [0.3, 0.4) is 0 Å². The van der Waals surface area contributed by atoms with Gasteiger partial charge in [-0.15, -0.1) is 0 Å². The Bertz CT molecular complexity index is 1020. The summed E-state index contributed by atoms with van der Waals surface area (Å²) in [5.41, 5.74) is 4.69. The van der Waals surface area contributed by atoms with Crippen LogP contribution in [0.25, 0.3) is 11.0 Å². The summed E-state index contributed by atoms with van der Waals surface area (Å²) < 4.78 is 5.27. The number of hydrogen-bond donors (Lipinski definition) is 2. The summed E-state index contributed by atoms with van der Waals surface area (Å²) in [6.45, 7) is 3.53. The van der Waals surface area contributed by atoms with Gasteiger partial charge in [0.1, 0.15) is 5.58 Å². The van der Waals surface area contributed by atoms with E-state index in [1.807, 2.05) is 37.3 Å². The van der Waals surface area contributed by atoms with Crippen molar-refractivity contribution in [2.45, 2.75) is 13.8 Å². The van der Waals surface area contributed by atoms with Crippen molar-refractivity contribution in [2.75, 3.05) is 5.32 Å². The van der Waals surface area contributed by atoms with E-state index < -0.39 is 11.7 Å². The third kappa shape index (κ3) is 3.74. The lowest BCUT2D eigenvalue weighted by Crippen LogP contribution is -2.26. The molecule has 1 aromatic heterocycles. The number of urea groups is 1. The van der Waals surface area contributed by atoms with Crippen LogP contribution in [0.1, 0.15) is 18.1 Å². The van der Waals surface area contributed by atoms with Gasteiger partial charge in [0.2, 0.25) is 0 Å². The maximum Gasteiger partial charge on any atom is 0.345 e. The van der Waals surface area contributed by atoms with E-state index in [2.05, 4.69) is 15.8 Å². The zero-order chi connectivity index (χ0) is 17.8. The van der Waals surface area contributed by atoms with Crippen molar-refractivity contribution in [2.24, 2.45) is 5.10 Å². The SMILES string of the molecule is C/C(=N\NC(=O)Nc1ccccc1C)c1cc2ccccc2oc1=O. The predicted molar refractivity (Wildman–Crippen MR) is 98.0 cm³/mol. The molecule has 0 fully saturated rings. The first-order valence-corrected chi connectivity index (χ1v) is 7.75. The predicted octanol–water partition coefficient (Wildman–Crippen LogP) is 3.65. The molecule has 0 aliphatic rings. The van der Waals surface area contributed by atoms with Gasteiger partial charge in [0.25, 0.3) is 0 Å². The number of benzene rings is 2. The van der Waals surface area contributed by atoms with Crippen molar-refractivity contribution in [3.05, 3.63) is 76.1 Å². The Kier molecular flexibility index (Phi) is 4.61. The number of aryl methyl sites for hydroxylation is 1. The van der Waals surface area contributed by atoms with Crippen molar-refractivity contribution < 1.29 is 9.21 Å². The largest absolute Gasteiger partial charge is 0.422 e. The Hall–Kier alpha value is -3.41. The highest BCUT2D eigenvalue weighted by atomic mass is 16.4. The zero-order valence-corrected chi connectivity index (χ0v) is 13.9. The van der Waals surface area contributed by atoms with E-state index in [1.54, 1.807) is 31.2 Å². The smallest absolute Gasteiger partial charge is 0.345 e. The molecule has 0 radical (unpaired) electrons. The Balaban J connectivity index is 1.77. The number of fused-ring (bicyclic) bond motifs is 1. The molecule has 0 saturated heterocycles. The molecule has 3 rings (SSSR count). The number of nitrogens with one attached hydrogen (secondary N) is 2. The summed E-state index contributed by atoms with van der Waals surface area (Å²) in [4.78, 5) is 24.0. The minimum absolute atomic E-state index is 0.301. The summed E-state index contributed by atoms with van der Waals surface area (Å²) >= 11 is 0. The number of nitrogens with zero attached hydrogens (tertiary/aromatic N) is 1. The van der Waals surface area contributed by atoms with Gasteiger partial charge >= 0.3 is 11.7 Å². The quantitative estimate of drug-likeness (QED) is 0.435. The molecule has 3 aromatic rings. The zero-order valence-electron chi connectivity index (χ0n) is 13.9. The molecule has 0 atom stereocenters. The summed E-state index contributed by atoms with van der Waals surface area (Å²) in [5.74, 6) is 0. The van der Waals surface area contributed by atoms with Gasteiger partial charge < -0.3 is 9.73 Å². The Morgan fingerprint density at radius 1 is 1.08 bits per heavy atom. The molecule has 0 saturated carbocycles. The van der Waals surface area contributed by atoms with Gasteiger partial charge in [0.05, 0.1) is 11.3 Å². The van der Waals surface area contributed by atoms with Crippen molar-refractivity contribution in [3.8, 4) is 0 Å². The Morgan fingerprint density at radius 3 is 2.60 bits per heavy atom. The minimum Gasteiger partial charge on any atom is -0.422 e. The van der Waals surface area contributed by atoms with Gasteiger partial charge in [0.15, 0.2) is 0 Å². The molecule has 0 aliphatic heterocycles. The van der Waals surface area contributed by atoms with Crippen molar-refractivity contribution in [3.63, 3.8) is 0 Å². The Morgan fingerprint density at radius 2 is 1.80 bits per heavy atom. The van der Waals surface area contributed by atoms with Gasteiger partial charge in [-0.3, -0.25) is 0 Å². The van der Waals surface area contributed by atoms with Gasteiger partial charge in [-0.2, -0.15) is 5.10 Å². The van der Waals surface area contributed by atoms with Crippen molar-refractivity contribution >= 4 is 28.4 Å². The van der Waals surface area contributed by atoms with Gasteiger partial charge in [-0.25, -0.2) is 15.0 Å². The first-order chi connectivity index (χ1) is 12.0. The van der Waals surface area contributed by atoms with Crippen molar-refractivity contribution in [1.29, 1.82) is 0 Å². The third-order valence-corrected chi connectivity index (χ3v) is 3.75. The van der Waals surface area contributed by atoms with E-state index in [9.17, 15) is 9.59 Å². The number of rotatable bonds is 3. The second kappa shape index (κ2) is 7.00.